The summed E-state index contributed by atoms with van der Waals surface area (Å²) in [6.45, 7) is 0. The lowest BCUT2D eigenvalue weighted by Crippen LogP contribution is -1.94. The molecule has 0 spiro atoms. The van der Waals surface area contributed by atoms with Crippen LogP contribution in [0.25, 0.3) is 11.0 Å². The quantitative estimate of drug-likeness (QED) is 0.735. The average molecular weight is 255 g/mol. The molecule has 0 atom stereocenters. The summed E-state index contributed by atoms with van der Waals surface area (Å²) in [4.78, 5) is 10.9. The van der Waals surface area contributed by atoms with Gasteiger partial charge in [-0.05, 0) is 34.1 Å². The van der Waals surface area contributed by atoms with Gasteiger partial charge in [-0.3, -0.25) is 0 Å². The Bertz CT molecular complexity index is 530. The van der Waals surface area contributed by atoms with Gasteiger partial charge in [-0.25, -0.2) is 4.79 Å². The predicted octanol–water partition coefficient (Wildman–Crippen LogP) is 2.56. The van der Waals surface area contributed by atoms with Crippen molar-refractivity contribution in [1.82, 2.24) is 0 Å². The van der Waals surface area contributed by atoms with Crippen LogP contribution in [0.15, 0.2) is 37.9 Å². The fourth-order valence-corrected chi connectivity index (χ4v) is 1.71. The minimum atomic E-state index is -0.352. The molecule has 2 rings (SSSR count). The molecule has 0 aliphatic rings. The van der Waals surface area contributed by atoms with Crippen LogP contribution in [0.1, 0.15) is 0 Å². The molecule has 3 nitrogen and oxygen atoms in total. The van der Waals surface area contributed by atoms with Gasteiger partial charge in [0.25, 0.3) is 0 Å². The van der Waals surface area contributed by atoms with E-state index in [0.717, 1.165) is 9.86 Å². The van der Waals surface area contributed by atoms with Gasteiger partial charge in [0, 0.05) is 11.5 Å². The van der Waals surface area contributed by atoms with Crippen LogP contribution in [0.4, 0.5) is 0 Å². The minimum Gasteiger partial charge on any atom is -0.496 e. The van der Waals surface area contributed by atoms with E-state index in [0.29, 0.717) is 11.3 Å². The Hall–Kier alpha value is -1.29. The molecule has 0 aliphatic heterocycles. The van der Waals surface area contributed by atoms with Crippen LogP contribution in [-0.2, 0) is 0 Å². The summed E-state index contributed by atoms with van der Waals surface area (Å²) in [6, 6.07) is 6.61. The third kappa shape index (κ3) is 1.53. The Balaban J connectivity index is 2.79. The highest BCUT2D eigenvalue weighted by Gasteiger charge is 2.04. The van der Waals surface area contributed by atoms with E-state index in [4.69, 9.17) is 9.15 Å². The zero-order valence-corrected chi connectivity index (χ0v) is 9.00. The normalized spacial score (nSPS) is 10.4. The Morgan fingerprint density at radius 2 is 2.14 bits per heavy atom. The Labute approximate surface area is 88.4 Å². The summed E-state index contributed by atoms with van der Waals surface area (Å²) < 4.78 is 10.9. The van der Waals surface area contributed by atoms with E-state index in [-0.39, 0.29) is 5.63 Å². The van der Waals surface area contributed by atoms with E-state index in [1.165, 1.54) is 6.07 Å². The fraction of sp³-hybridized carbons (Fsp3) is 0.100. The molecular weight excluding hydrogens is 248 g/mol. The van der Waals surface area contributed by atoms with Crippen molar-refractivity contribution >= 4 is 26.9 Å². The third-order valence-electron chi connectivity index (χ3n) is 1.89. The van der Waals surface area contributed by atoms with Gasteiger partial charge >= 0.3 is 5.63 Å². The molecule has 4 heteroatoms. The van der Waals surface area contributed by atoms with Crippen molar-refractivity contribution in [2.24, 2.45) is 0 Å². The van der Waals surface area contributed by atoms with Crippen LogP contribution in [0.2, 0.25) is 0 Å². The molecule has 0 unspecified atom stereocenters. The minimum absolute atomic E-state index is 0.352. The van der Waals surface area contributed by atoms with Crippen LogP contribution in [0.3, 0.4) is 0 Å². The Morgan fingerprint density at radius 3 is 2.86 bits per heavy atom. The van der Waals surface area contributed by atoms with Crippen LogP contribution in [0.5, 0.6) is 5.75 Å². The highest BCUT2D eigenvalue weighted by Crippen LogP contribution is 2.29. The van der Waals surface area contributed by atoms with Crippen molar-refractivity contribution in [3.05, 3.63) is 39.2 Å². The second-order valence-electron chi connectivity index (χ2n) is 2.78. The van der Waals surface area contributed by atoms with Crippen molar-refractivity contribution < 1.29 is 9.15 Å². The van der Waals surface area contributed by atoms with Gasteiger partial charge in [0.15, 0.2) is 0 Å². The van der Waals surface area contributed by atoms with Gasteiger partial charge in [0.2, 0.25) is 0 Å². The molecule has 0 saturated heterocycles. The summed E-state index contributed by atoms with van der Waals surface area (Å²) in [5, 5.41) is 0.838. The molecular formula is C10H7BrO3. The predicted molar refractivity (Wildman–Crippen MR) is 56.7 cm³/mol. The van der Waals surface area contributed by atoms with Gasteiger partial charge in [-0.15, -0.1) is 0 Å². The van der Waals surface area contributed by atoms with Crippen molar-refractivity contribution in [3.63, 3.8) is 0 Å². The van der Waals surface area contributed by atoms with Gasteiger partial charge in [0.1, 0.15) is 11.3 Å². The maximum absolute atomic E-state index is 10.9. The van der Waals surface area contributed by atoms with E-state index < -0.39 is 0 Å². The molecule has 1 aromatic heterocycles. The Kier molecular flexibility index (Phi) is 2.29. The van der Waals surface area contributed by atoms with Gasteiger partial charge in [0.05, 0.1) is 11.6 Å². The third-order valence-corrected chi connectivity index (χ3v) is 2.51. The smallest absolute Gasteiger partial charge is 0.336 e. The SMILES string of the molecule is COc1cc2ccc(=O)oc2cc1Br. The van der Waals surface area contributed by atoms with E-state index in [1.807, 2.05) is 6.07 Å². The molecule has 2 aromatic rings. The molecule has 1 heterocycles. The lowest BCUT2D eigenvalue weighted by atomic mass is 10.2. The second kappa shape index (κ2) is 3.46. The van der Waals surface area contributed by atoms with E-state index >= 15 is 0 Å². The molecule has 0 N–H and O–H groups in total. The summed E-state index contributed by atoms with van der Waals surface area (Å²) in [5.74, 6) is 0.714. The molecule has 0 bridgehead atoms. The Morgan fingerprint density at radius 1 is 1.36 bits per heavy atom. The molecule has 0 amide bonds. The molecule has 72 valence electrons. The van der Waals surface area contributed by atoms with E-state index in [9.17, 15) is 4.79 Å². The van der Waals surface area contributed by atoms with Crippen molar-refractivity contribution in [3.8, 4) is 5.75 Å². The van der Waals surface area contributed by atoms with Crippen LogP contribution in [0, 0.1) is 0 Å². The zero-order valence-electron chi connectivity index (χ0n) is 7.41. The van der Waals surface area contributed by atoms with Crippen molar-refractivity contribution in [2.75, 3.05) is 7.11 Å². The first kappa shape index (κ1) is 9.27. The standard InChI is InChI=1S/C10H7BrO3/c1-13-9-4-6-2-3-10(12)14-8(6)5-7(9)11/h2-5H,1H3. The molecule has 0 aliphatic carbocycles. The zero-order chi connectivity index (χ0) is 10.1. The van der Waals surface area contributed by atoms with E-state index in [1.54, 1.807) is 19.2 Å². The molecule has 14 heavy (non-hydrogen) atoms. The van der Waals surface area contributed by atoms with Crippen LogP contribution >= 0.6 is 15.9 Å². The first-order chi connectivity index (χ1) is 6.70. The number of hydrogen-bond acceptors (Lipinski definition) is 3. The van der Waals surface area contributed by atoms with Crippen LogP contribution in [-0.4, -0.2) is 7.11 Å². The lowest BCUT2D eigenvalue weighted by molar-refractivity contribution is 0.412. The highest BCUT2D eigenvalue weighted by atomic mass is 79.9. The summed E-state index contributed by atoms with van der Waals surface area (Å²) in [5.41, 5.74) is 0.194. The second-order valence-corrected chi connectivity index (χ2v) is 3.63. The maximum atomic E-state index is 10.9. The first-order valence-electron chi connectivity index (χ1n) is 3.98. The number of halogens is 1. The van der Waals surface area contributed by atoms with E-state index in [2.05, 4.69) is 15.9 Å². The number of rotatable bonds is 1. The van der Waals surface area contributed by atoms with Gasteiger partial charge < -0.3 is 9.15 Å². The number of methoxy groups -OCH3 is 1. The van der Waals surface area contributed by atoms with Gasteiger partial charge in [-0.1, -0.05) is 0 Å². The number of ether oxygens (including phenoxy) is 1. The number of hydrogen-bond donors (Lipinski definition) is 0. The number of benzene rings is 1. The number of fused-ring (bicyclic) bond motifs is 1. The maximum Gasteiger partial charge on any atom is 0.336 e. The largest absolute Gasteiger partial charge is 0.496 e. The summed E-state index contributed by atoms with van der Waals surface area (Å²) >= 11 is 3.32. The molecule has 0 saturated carbocycles. The fourth-order valence-electron chi connectivity index (χ4n) is 1.23. The topological polar surface area (TPSA) is 39.4 Å². The van der Waals surface area contributed by atoms with Gasteiger partial charge in [-0.2, -0.15) is 0 Å². The highest BCUT2D eigenvalue weighted by molar-refractivity contribution is 9.10. The van der Waals surface area contributed by atoms with Crippen molar-refractivity contribution in [1.29, 1.82) is 0 Å². The van der Waals surface area contributed by atoms with Crippen molar-refractivity contribution in [2.45, 2.75) is 0 Å². The monoisotopic (exact) mass is 254 g/mol. The molecule has 0 fully saturated rings. The first-order valence-corrected chi connectivity index (χ1v) is 4.77. The lowest BCUT2D eigenvalue weighted by Gasteiger charge is -2.03. The molecule has 1 aromatic carbocycles. The molecule has 0 radical (unpaired) electrons. The summed E-state index contributed by atoms with van der Waals surface area (Å²) in [7, 11) is 1.59. The summed E-state index contributed by atoms with van der Waals surface area (Å²) in [6.07, 6.45) is 0. The van der Waals surface area contributed by atoms with Crippen LogP contribution < -0.4 is 10.4 Å². The average Bonchev–Trinajstić information content (AvgIpc) is 2.16.